The van der Waals surface area contributed by atoms with Crippen molar-refractivity contribution in [1.29, 1.82) is 5.26 Å². The van der Waals surface area contributed by atoms with E-state index in [0.29, 0.717) is 12.5 Å². The molecule has 0 saturated carbocycles. The molecule has 0 radical (unpaired) electrons. The molecular weight excluding hydrogens is 258 g/mol. The van der Waals surface area contributed by atoms with E-state index >= 15 is 0 Å². The van der Waals surface area contributed by atoms with Crippen molar-refractivity contribution in [3.63, 3.8) is 0 Å². The van der Waals surface area contributed by atoms with Crippen molar-refractivity contribution in [2.24, 2.45) is 5.92 Å². The van der Waals surface area contributed by atoms with Crippen LogP contribution in [-0.4, -0.2) is 31.7 Å². The Morgan fingerprint density at radius 1 is 1.60 bits per heavy atom. The lowest BCUT2D eigenvalue weighted by molar-refractivity contribution is -0.385. The molecule has 1 aliphatic rings. The second kappa shape index (κ2) is 6.35. The number of nitriles is 1. The van der Waals surface area contributed by atoms with Gasteiger partial charge in [0.05, 0.1) is 11.5 Å². The van der Waals surface area contributed by atoms with Gasteiger partial charge in [-0.2, -0.15) is 5.26 Å². The highest BCUT2D eigenvalue weighted by Crippen LogP contribution is 2.28. The van der Waals surface area contributed by atoms with E-state index in [4.69, 9.17) is 10.00 Å². The molecule has 1 saturated heterocycles. The van der Waals surface area contributed by atoms with Gasteiger partial charge in [0.25, 0.3) is 5.69 Å². The fraction of sp³-hybridized carbons (Fsp3) is 0.500. The summed E-state index contributed by atoms with van der Waals surface area (Å²) >= 11 is 0. The molecule has 1 unspecified atom stereocenters. The third kappa shape index (κ3) is 3.06. The van der Waals surface area contributed by atoms with E-state index in [1.165, 1.54) is 6.07 Å². The van der Waals surface area contributed by atoms with Crippen molar-refractivity contribution in [3.05, 3.63) is 33.9 Å². The quantitative estimate of drug-likeness (QED) is 0.622. The van der Waals surface area contributed by atoms with Crippen LogP contribution in [0.1, 0.15) is 18.4 Å². The first-order valence-corrected chi connectivity index (χ1v) is 6.58. The summed E-state index contributed by atoms with van der Waals surface area (Å²) in [6, 6.07) is 6.63. The fourth-order valence-corrected chi connectivity index (χ4v) is 2.64. The molecule has 6 heteroatoms. The van der Waals surface area contributed by atoms with Crippen molar-refractivity contribution in [2.45, 2.75) is 12.8 Å². The highest BCUT2D eigenvalue weighted by atomic mass is 16.6. The first-order chi connectivity index (χ1) is 9.65. The van der Waals surface area contributed by atoms with E-state index in [1.807, 2.05) is 6.07 Å². The second-order valence-electron chi connectivity index (χ2n) is 4.98. The van der Waals surface area contributed by atoms with Crippen LogP contribution in [0.3, 0.4) is 0 Å². The van der Waals surface area contributed by atoms with E-state index in [-0.39, 0.29) is 11.3 Å². The van der Waals surface area contributed by atoms with Crippen molar-refractivity contribution in [1.82, 2.24) is 0 Å². The summed E-state index contributed by atoms with van der Waals surface area (Å²) in [6.07, 6.45) is 2.19. The Balaban J connectivity index is 2.20. The molecule has 1 aliphatic heterocycles. The summed E-state index contributed by atoms with van der Waals surface area (Å²) in [7, 11) is 1.69. The van der Waals surface area contributed by atoms with Gasteiger partial charge in [0, 0.05) is 32.0 Å². The van der Waals surface area contributed by atoms with Gasteiger partial charge >= 0.3 is 0 Å². The Morgan fingerprint density at radius 2 is 2.40 bits per heavy atom. The molecule has 1 atom stereocenters. The van der Waals surface area contributed by atoms with Gasteiger partial charge in [-0.25, -0.2) is 0 Å². The molecule has 1 heterocycles. The number of piperidine rings is 1. The van der Waals surface area contributed by atoms with E-state index < -0.39 is 4.92 Å². The standard InChI is InChI=1S/C14H17N3O3/c1-20-10-11-3-2-6-16(9-11)13-4-5-14(17(18)19)12(7-13)8-15/h4-5,7,11H,2-3,6,9-10H2,1H3. The number of anilines is 1. The predicted molar refractivity (Wildman–Crippen MR) is 74.6 cm³/mol. The zero-order valence-corrected chi connectivity index (χ0v) is 11.4. The van der Waals surface area contributed by atoms with Crippen LogP contribution in [0.15, 0.2) is 18.2 Å². The van der Waals surface area contributed by atoms with Gasteiger partial charge in [-0.1, -0.05) is 0 Å². The fourth-order valence-electron chi connectivity index (χ4n) is 2.64. The number of rotatable bonds is 4. The van der Waals surface area contributed by atoms with E-state index in [2.05, 4.69) is 4.90 Å². The average molecular weight is 275 g/mol. The van der Waals surface area contributed by atoms with Crippen molar-refractivity contribution in [2.75, 3.05) is 31.7 Å². The lowest BCUT2D eigenvalue weighted by Gasteiger charge is -2.34. The number of methoxy groups -OCH3 is 1. The zero-order valence-electron chi connectivity index (χ0n) is 11.4. The Hall–Kier alpha value is -2.13. The summed E-state index contributed by atoms with van der Waals surface area (Å²) in [4.78, 5) is 12.5. The molecule has 2 rings (SSSR count). The van der Waals surface area contributed by atoms with Crippen LogP contribution in [0, 0.1) is 27.4 Å². The van der Waals surface area contributed by atoms with Crippen LogP contribution in [0.4, 0.5) is 11.4 Å². The van der Waals surface area contributed by atoms with Gasteiger partial charge < -0.3 is 9.64 Å². The van der Waals surface area contributed by atoms with Crippen molar-refractivity contribution < 1.29 is 9.66 Å². The average Bonchev–Trinajstić information content (AvgIpc) is 2.47. The van der Waals surface area contributed by atoms with Gasteiger partial charge in [-0.05, 0) is 30.9 Å². The lowest BCUT2D eigenvalue weighted by atomic mass is 9.98. The maximum absolute atomic E-state index is 10.8. The molecule has 0 bridgehead atoms. The van der Waals surface area contributed by atoms with Gasteiger partial charge in [-0.15, -0.1) is 0 Å². The molecule has 0 N–H and O–H groups in total. The lowest BCUT2D eigenvalue weighted by Crippen LogP contribution is -2.37. The van der Waals surface area contributed by atoms with Crippen LogP contribution in [0.5, 0.6) is 0 Å². The van der Waals surface area contributed by atoms with Gasteiger partial charge in [-0.3, -0.25) is 10.1 Å². The SMILES string of the molecule is COCC1CCCN(c2ccc([N+](=O)[O-])c(C#N)c2)C1. The second-order valence-corrected chi connectivity index (χ2v) is 4.98. The molecule has 1 aromatic rings. The van der Waals surface area contributed by atoms with E-state index in [0.717, 1.165) is 31.6 Å². The topological polar surface area (TPSA) is 79.4 Å². The minimum absolute atomic E-state index is 0.112. The van der Waals surface area contributed by atoms with E-state index in [1.54, 1.807) is 19.2 Å². The maximum Gasteiger partial charge on any atom is 0.287 e. The number of nitro groups is 1. The van der Waals surface area contributed by atoms with Crippen LogP contribution < -0.4 is 4.90 Å². The predicted octanol–water partition coefficient (Wildman–Crippen LogP) is 2.33. The molecular formula is C14H17N3O3. The molecule has 1 aromatic carbocycles. The Morgan fingerprint density at radius 3 is 3.05 bits per heavy atom. The third-order valence-electron chi connectivity index (χ3n) is 3.58. The molecule has 6 nitrogen and oxygen atoms in total. The van der Waals surface area contributed by atoms with Crippen molar-refractivity contribution in [3.8, 4) is 6.07 Å². The Bertz CT molecular complexity index is 537. The summed E-state index contributed by atoms with van der Waals surface area (Å²) in [5, 5.41) is 19.9. The number of benzene rings is 1. The van der Waals surface area contributed by atoms with Crippen LogP contribution in [-0.2, 0) is 4.74 Å². The van der Waals surface area contributed by atoms with Gasteiger partial charge in [0.2, 0.25) is 0 Å². The Labute approximate surface area is 117 Å². The Kier molecular flexibility index (Phi) is 4.53. The molecule has 0 amide bonds. The molecule has 1 fully saturated rings. The van der Waals surface area contributed by atoms with Crippen molar-refractivity contribution >= 4 is 11.4 Å². The minimum atomic E-state index is -0.522. The van der Waals surface area contributed by atoms with Gasteiger partial charge in [0.15, 0.2) is 0 Å². The number of hydrogen-bond acceptors (Lipinski definition) is 5. The smallest absolute Gasteiger partial charge is 0.287 e. The van der Waals surface area contributed by atoms with E-state index in [9.17, 15) is 10.1 Å². The maximum atomic E-state index is 10.8. The zero-order chi connectivity index (χ0) is 14.5. The molecule has 106 valence electrons. The van der Waals surface area contributed by atoms with Crippen LogP contribution >= 0.6 is 0 Å². The molecule has 20 heavy (non-hydrogen) atoms. The minimum Gasteiger partial charge on any atom is -0.384 e. The monoisotopic (exact) mass is 275 g/mol. The number of ether oxygens (including phenoxy) is 1. The van der Waals surface area contributed by atoms with Crippen LogP contribution in [0.2, 0.25) is 0 Å². The highest BCUT2D eigenvalue weighted by molar-refractivity contribution is 5.60. The summed E-state index contributed by atoms with van der Waals surface area (Å²) in [5.74, 6) is 0.467. The molecule has 0 aliphatic carbocycles. The number of nitro benzene ring substituents is 1. The summed E-state index contributed by atoms with van der Waals surface area (Å²) in [5.41, 5.74) is 0.844. The molecule has 0 spiro atoms. The number of hydrogen-bond donors (Lipinski definition) is 0. The summed E-state index contributed by atoms with van der Waals surface area (Å²) < 4.78 is 5.19. The van der Waals surface area contributed by atoms with Gasteiger partial charge in [0.1, 0.15) is 11.6 Å². The molecule has 0 aromatic heterocycles. The largest absolute Gasteiger partial charge is 0.384 e. The third-order valence-corrected chi connectivity index (χ3v) is 3.58. The summed E-state index contributed by atoms with van der Waals surface area (Å²) in [6.45, 7) is 2.48. The number of nitrogens with zero attached hydrogens (tertiary/aromatic N) is 3. The van der Waals surface area contributed by atoms with Crippen LogP contribution in [0.25, 0.3) is 0 Å². The first kappa shape index (κ1) is 14.3. The highest BCUT2D eigenvalue weighted by Gasteiger charge is 2.22. The normalized spacial score (nSPS) is 18.6. The first-order valence-electron chi connectivity index (χ1n) is 6.58.